The number of unbranched alkanes of at least 4 members (excludes halogenated alkanes) is 10. The van der Waals surface area contributed by atoms with Crippen LogP contribution in [0.1, 0.15) is 118 Å². The van der Waals surface area contributed by atoms with E-state index in [1.807, 2.05) is 13.8 Å². The minimum atomic E-state index is -1.87. The molecule has 0 saturated heterocycles. The lowest BCUT2D eigenvalue weighted by Crippen LogP contribution is -2.65. The second-order valence-electron chi connectivity index (χ2n) is 14.3. The lowest BCUT2D eigenvalue weighted by Gasteiger charge is -2.53. The third kappa shape index (κ3) is 5.53. The van der Waals surface area contributed by atoms with Crippen molar-refractivity contribution in [2.75, 3.05) is 6.61 Å². The first-order valence-corrected chi connectivity index (χ1v) is 16.4. The molecule has 0 spiro atoms. The lowest BCUT2D eigenvalue weighted by atomic mass is 9.59. The Labute approximate surface area is 247 Å². The molecule has 0 bridgehead atoms. The van der Waals surface area contributed by atoms with Gasteiger partial charge in [0, 0.05) is 35.5 Å². The number of hydrogen-bond acceptors (Lipinski definition) is 7. The molecule has 7 heteroatoms. The molecule has 2 fully saturated rings. The highest BCUT2D eigenvalue weighted by atomic mass is 16.6. The molecule has 0 aromatic heterocycles. The fourth-order valence-electron chi connectivity index (χ4n) is 8.86. The number of aliphatic hydroxyl groups is 5. The van der Waals surface area contributed by atoms with Crippen molar-refractivity contribution in [3.05, 3.63) is 23.3 Å². The zero-order valence-electron chi connectivity index (χ0n) is 26.1. The summed E-state index contributed by atoms with van der Waals surface area (Å²) in [4.78, 5) is 13.2. The van der Waals surface area contributed by atoms with Crippen LogP contribution in [0.2, 0.25) is 0 Å². The van der Waals surface area contributed by atoms with Crippen LogP contribution in [0.5, 0.6) is 0 Å². The van der Waals surface area contributed by atoms with Gasteiger partial charge in [-0.3, -0.25) is 4.79 Å². The maximum absolute atomic E-state index is 13.2. The second kappa shape index (κ2) is 12.5. The SMILES string of the molecule is CCCCCCCCCCCCCC(O)O[C@@H]1[C@@H](C)[C@@]2(O)[C@@H](C=C(CO)C[C@]3(O)C(=O)C(C)=C[C@@H]23)[C@@H]2C(C)(C)[C@]12O. The van der Waals surface area contributed by atoms with Crippen LogP contribution >= 0.6 is 0 Å². The van der Waals surface area contributed by atoms with Crippen molar-refractivity contribution in [3.63, 3.8) is 0 Å². The number of rotatable bonds is 15. The van der Waals surface area contributed by atoms with Gasteiger partial charge in [0.05, 0.1) is 18.3 Å². The van der Waals surface area contributed by atoms with Crippen LogP contribution in [0, 0.1) is 29.1 Å². The Kier molecular flexibility index (Phi) is 10.00. The van der Waals surface area contributed by atoms with Crippen molar-refractivity contribution in [3.8, 4) is 0 Å². The molecule has 0 radical (unpaired) electrons. The molecule has 4 aliphatic rings. The summed E-state index contributed by atoms with van der Waals surface area (Å²) < 4.78 is 6.22. The molecule has 41 heavy (non-hydrogen) atoms. The number of ketones is 1. The van der Waals surface area contributed by atoms with E-state index in [9.17, 15) is 30.3 Å². The van der Waals surface area contributed by atoms with Crippen LogP contribution in [-0.4, -0.2) is 67.1 Å². The van der Waals surface area contributed by atoms with Gasteiger partial charge in [-0.25, -0.2) is 0 Å². The summed E-state index contributed by atoms with van der Waals surface area (Å²) in [6, 6.07) is 0. The van der Waals surface area contributed by atoms with E-state index in [0.717, 1.165) is 19.3 Å². The predicted molar refractivity (Wildman–Crippen MR) is 159 cm³/mol. The van der Waals surface area contributed by atoms with Crippen molar-refractivity contribution in [1.29, 1.82) is 0 Å². The Morgan fingerprint density at radius 3 is 2.07 bits per heavy atom. The van der Waals surface area contributed by atoms with Crippen molar-refractivity contribution in [2.24, 2.45) is 29.1 Å². The molecule has 4 aliphatic carbocycles. The fraction of sp³-hybridized carbons (Fsp3) is 0.853. The molecule has 0 aliphatic heterocycles. The molecular weight excluding hydrogens is 520 g/mol. The summed E-state index contributed by atoms with van der Waals surface area (Å²) in [7, 11) is 0. The van der Waals surface area contributed by atoms with Gasteiger partial charge in [0.15, 0.2) is 12.1 Å². The molecule has 2 saturated carbocycles. The van der Waals surface area contributed by atoms with E-state index in [1.165, 1.54) is 51.4 Å². The monoisotopic (exact) mass is 576 g/mol. The highest BCUT2D eigenvalue weighted by Gasteiger charge is 2.84. The first-order chi connectivity index (χ1) is 19.3. The molecular formula is C34H56O7. The molecule has 0 heterocycles. The molecule has 9 atom stereocenters. The topological polar surface area (TPSA) is 127 Å². The summed E-state index contributed by atoms with van der Waals surface area (Å²) in [5, 5.41) is 57.4. The van der Waals surface area contributed by atoms with Crippen LogP contribution in [0.25, 0.3) is 0 Å². The zero-order valence-corrected chi connectivity index (χ0v) is 26.1. The summed E-state index contributed by atoms with van der Waals surface area (Å²) >= 11 is 0. The van der Waals surface area contributed by atoms with Gasteiger partial charge in [-0.15, -0.1) is 0 Å². The number of carbonyl (C=O) groups excluding carboxylic acids is 1. The first-order valence-electron chi connectivity index (χ1n) is 16.4. The number of aliphatic hydroxyl groups excluding tert-OH is 2. The number of ether oxygens (including phenoxy) is 1. The fourth-order valence-corrected chi connectivity index (χ4v) is 8.86. The van der Waals surface area contributed by atoms with Crippen molar-refractivity contribution >= 4 is 5.78 Å². The minimum absolute atomic E-state index is 0.0645. The standard InChI is InChI=1S/C34H56O7/c1-6-7-8-9-10-11-12-13-14-15-16-17-27(36)41-30-23(3)33(39)25(28-31(4,5)34(28,30)40)19-24(21-35)20-32(38)26(33)18-22(2)29(32)37/h18-19,23,25-28,30,35-36,38-40H,6-17,20-21H2,1-5H3/t23-,25+,26-,27?,28-,30-,32-,33-,34-/m1/s1. The van der Waals surface area contributed by atoms with Gasteiger partial charge in [-0.05, 0) is 30.9 Å². The van der Waals surface area contributed by atoms with E-state index in [2.05, 4.69) is 6.92 Å². The van der Waals surface area contributed by atoms with Gasteiger partial charge >= 0.3 is 0 Å². The van der Waals surface area contributed by atoms with Crippen LogP contribution in [0.3, 0.4) is 0 Å². The quantitative estimate of drug-likeness (QED) is 0.106. The molecule has 0 aromatic carbocycles. The van der Waals surface area contributed by atoms with E-state index in [4.69, 9.17) is 4.74 Å². The van der Waals surface area contributed by atoms with Gasteiger partial charge in [0.1, 0.15) is 11.2 Å². The third-order valence-electron chi connectivity index (χ3n) is 11.4. The van der Waals surface area contributed by atoms with Crippen LogP contribution in [-0.2, 0) is 9.53 Å². The summed E-state index contributed by atoms with van der Waals surface area (Å²) in [6.07, 6.45) is 15.2. The highest BCUT2D eigenvalue weighted by molar-refractivity contribution is 6.04. The number of hydrogen-bond donors (Lipinski definition) is 5. The van der Waals surface area contributed by atoms with Gasteiger partial charge in [0.2, 0.25) is 0 Å². The van der Waals surface area contributed by atoms with E-state index in [1.54, 1.807) is 26.0 Å². The molecule has 234 valence electrons. The van der Waals surface area contributed by atoms with E-state index in [0.29, 0.717) is 17.6 Å². The van der Waals surface area contributed by atoms with Crippen molar-refractivity contribution in [2.45, 2.75) is 147 Å². The van der Waals surface area contributed by atoms with E-state index < -0.39 is 64.1 Å². The zero-order chi connectivity index (χ0) is 30.2. The van der Waals surface area contributed by atoms with Gasteiger partial charge in [0.25, 0.3) is 0 Å². The number of fused-ring (bicyclic) bond motifs is 5. The maximum atomic E-state index is 13.2. The second-order valence-corrected chi connectivity index (χ2v) is 14.3. The highest BCUT2D eigenvalue weighted by Crippen LogP contribution is 2.75. The summed E-state index contributed by atoms with van der Waals surface area (Å²) in [5.74, 6) is -3.09. The lowest BCUT2D eigenvalue weighted by molar-refractivity contribution is -0.257. The Morgan fingerprint density at radius 1 is 0.951 bits per heavy atom. The largest absolute Gasteiger partial charge is 0.392 e. The van der Waals surface area contributed by atoms with Gasteiger partial charge in [-0.2, -0.15) is 0 Å². The average Bonchev–Trinajstić information content (AvgIpc) is 3.32. The minimum Gasteiger partial charge on any atom is -0.392 e. The van der Waals surface area contributed by atoms with Gasteiger partial charge < -0.3 is 30.3 Å². The maximum Gasteiger partial charge on any atom is 0.190 e. The van der Waals surface area contributed by atoms with E-state index in [-0.39, 0.29) is 13.0 Å². The van der Waals surface area contributed by atoms with Crippen molar-refractivity contribution < 1.29 is 35.1 Å². The first kappa shape index (κ1) is 32.8. The summed E-state index contributed by atoms with van der Waals surface area (Å²) in [5.41, 5.74) is -4.56. The third-order valence-corrected chi connectivity index (χ3v) is 11.4. The Bertz CT molecular complexity index is 1000. The van der Waals surface area contributed by atoms with Crippen molar-refractivity contribution in [1.82, 2.24) is 0 Å². The Hall–Kier alpha value is -1.09. The van der Waals surface area contributed by atoms with Gasteiger partial charge in [-0.1, -0.05) is 104 Å². The molecule has 0 aromatic rings. The number of carbonyl (C=O) groups is 1. The Morgan fingerprint density at radius 2 is 1.51 bits per heavy atom. The molecule has 4 rings (SSSR count). The van der Waals surface area contributed by atoms with Crippen LogP contribution in [0.4, 0.5) is 0 Å². The molecule has 5 N–H and O–H groups in total. The smallest absolute Gasteiger partial charge is 0.190 e. The summed E-state index contributed by atoms with van der Waals surface area (Å²) in [6.45, 7) is 9.21. The van der Waals surface area contributed by atoms with Crippen LogP contribution < -0.4 is 0 Å². The molecule has 1 unspecified atom stereocenters. The number of Topliss-reactive ketones (excluding diaryl/α,β-unsaturated/α-hetero) is 1. The van der Waals surface area contributed by atoms with E-state index >= 15 is 0 Å². The normalized spacial score (nSPS) is 39.8. The molecule has 7 nitrogen and oxygen atoms in total. The Balaban J connectivity index is 1.42. The average molecular weight is 577 g/mol. The predicted octanol–water partition coefficient (Wildman–Crippen LogP) is 4.97. The van der Waals surface area contributed by atoms with Crippen LogP contribution in [0.15, 0.2) is 23.3 Å². The molecule has 0 amide bonds.